The van der Waals surface area contributed by atoms with E-state index in [9.17, 15) is 9.90 Å². The lowest BCUT2D eigenvalue weighted by molar-refractivity contribution is 0.0381. The molecular weight excluding hydrogens is 352 g/mol. The number of rotatable bonds is 5. The molecule has 1 aromatic heterocycles. The van der Waals surface area contributed by atoms with Crippen LogP contribution >= 0.6 is 0 Å². The van der Waals surface area contributed by atoms with Gasteiger partial charge in [-0.25, -0.2) is 0 Å². The minimum absolute atomic E-state index is 0.109. The van der Waals surface area contributed by atoms with Crippen molar-refractivity contribution in [3.05, 3.63) is 63.1 Å². The summed E-state index contributed by atoms with van der Waals surface area (Å²) in [6.45, 7) is 9.69. The molecule has 0 amide bonds. The van der Waals surface area contributed by atoms with Gasteiger partial charge in [-0.3, -0.25) is 9.69 Å². The van der Waals surface area contributed by atoms with Gasteiger partial charge in [-0.05, 0) is 50.3 Å². The molecule has 2 aliphatic heterocycles. The predicted octanol–water partition coefficient (Wildman–Crippen LogP) is 2.63. The molecule has 2 bridgehead atoms. The van der Waals surface area contributed by atoms with Crippen LogP contribution in [0.15, 0.2) is 35.1 Å². The van der Waals surface area contributed by atoms with Gasteiger partial charge in [-0.1, -0.05) is 23.8 Å². The fourth-order valence-corrected chi connectivity index (χ4v) is 5.07. The molecule has 1 aromatic carbocycles. The van der Waals surface area contributed by atoms with Gasteiger partial charge >= 0.3 is 0 Å². The van der Waals surface area contributed by atoms with Crippen molar-refractivity contribution in [3.63, 3.8) is 0 Å². The molecule has 0 aliphatic carbocycles. The average molecular weight is 383 g/mol. The first-order valence-corrected chi connectivity index (χ1v) is 10.2. The first-order chi connectivity index (χ1) is 13.4. The van der Waals surface area contributed by atoms with Crippen LogP contribution in [0.25, 0.3) is 0 Å². The number of aliphatic hydroxyl groups excluding tert-OH is 1. The zero-order valence-electron chi connectivity index (χ0n) is 17.0. The third-order valence-corrected chi connectivity index (χ3v) is 6.05. The molecule has 0 radical (unpaired) electrons. The number of benzene rings is 1. The minimum Gasteiger partial charge on any atom is -0.490 e. The van der Waals surface area contributed by atoms with Crippen molar-refractivity contribution in [1.29, 1.82) is 0 Å². The lowest BCUT2D eigenvalue weighted by atomic mass is 9.83. The largest absolute Gasteiger partial charge is 0.490 e. The number of likely N-dealkylation sites (tertiary alicyclic amines) is 1. The van der Waals surface area contributed by atoms with Crippen LogP contribution in [0, 0.1) is 26.7 Å². The summed E-state index contributed by atoms with van der Waals surface area (Å²) in [5, 5.41) is 10.6. The number of fused-ring (bicyclic) bond motifs is 4. The molecule has 5 heteroatoms. The van der Waals surface area contributed by atoms with Crippen molar-refractivity contribution in [1.82, 2.24) is 9.47 Å². The van der Waals surface area contributed by atoms with Gasteiger partial charge in [0.1, 0.15) is 18.5 Å². The van der Waals surface area contributed by atoms with Crippen molar-refractivity contribution in [2.75, 3.05) is 26.2 Å². The number of aryl methyl sites for hydroxylation is 3. The lowest BCUT2D eigenvalue weighted by Gasteiger charge is -2.43. The van der Waals surface area contributed by atoms with Crippen molar-refractivity contribution < 1.29 is 9.84 Å². The molecule has 5 nitrogen and oxygen atoms in total. The first kappa shape index (κ1) is 19.2. The fraction of sp³-hybridized carbons (Fsp3) is 0.522. The van der Waals surface area contributed by atoms with Crippen molar-refractivity contribution in [3.8, 4) is 5.75 Å². The SMILES string of the molecule is Cc1cc(C)c(OCC(O)CN2C[C@H]3C[C@@H](C2)c2cccc(=O)n2C3)c(C)c1. The smallest absolute Gasteiger partial charge is 0.250 e. The third-order valence-electron chi connectivity index (χ3n) is 6.05. The minimum atomic E-state index is -0.531. The number of β-amino-alcohol motifs (C(OH)–C–C–N with tert-alkyl or cyclic N) is 1. The van der Waals surface area contributed by atoms with Crippen LogP contribution in [0.4, 0.5) is 0 Å². The van der Waals surface area contributed by atoms with Crippen molar-refractivity contribution >= 4 is 0 Å². The van der Waals surface area contributed by atoms with E-state index in [1.165, 1.54) is 5.56 Å². The third kappa shape index (κ3) is 3.87. The Hall–Kier alpha value is -2.11. The van der Waals surface area contributed by atoms with E-state index < -0.39 is 6.10 Å². The Kier molecular flexibility index (Phi) is 5.30. The number of pyridine rings is 1. The number of nitrogens with zero attached hydrogens (tertiary/aromatic N) is 2. The lowest BCUT2D eigenvalue weighted by Crippen LogP contribution is -2.49. The van der Waals surface area contributed by atoms with Gasteiger partial charge in [-0.15, -0.1) is 0 Å². The van der Waals surface area contributed by atoms with Gasteiger partial charge in [0.2, 0.25) is 0 Å². The van der Waals surface area contributed by atoms with E-state index in [0.717, 1.165) is 48.6 Å². The average Bonchev–Trinajstić information content (AvgIpc) is 2.61. The molecular formula is C23H30N2O3. The van der Waals surface area contributed by atoms with E-state index in [1.54, 1.807) is 6.07 Å². The second-order valence-electron chi connectivity index (χ2n) is 8.61. The quantitative estimate of drug-likeness (QED) is 0.864. The topological polar surface area (TPSA) is 54.7 Å². The number of aliphatic hydroxyl groups is 1. The van der Waals surface area contributed by atoms with Crippen LogP contribution in [-0.2, 0) is 6.54 Å². The summed E-state index contributed by atoms with van der Waals surface area (Å²) in [5.41, 5.74) is 4.70. The summed E-state index contributed by atoms with van der Waals surface area (Å²) in [6, 6.07) is 9.81. The van der Waals surface area contributed by atoms with Gasteiger partial charge in [-0.2, -0.15) is 0 Å². The maximum atomic E-state index is 12.1. The molecule has 150 valence electrons. The van der Waals surface area contributed by atoms with Crippen molar-refractivity contribution in [2.24, 2.45) is 5.92 Å². The Bertz CT molecular complexity index is 897. The Balaban J connectivity index is 1.37. The van der Waals surface area contributed by atoms with E-state index in [2.05, 4.69) is 30.0 Å². The van der Waals surface area contributed by atoms with Crippen LogP contribution in [0.3, 0.4) is 0 Å². The summed E-state index contributed by atoms with van der Waals surface area (Å²) >= 11 is 0. The van der Waals surface area contributed by atoms with Gasteiger partial charge in [0, 0.05) is 43.9 Å². The zero-order valence-corrected chi connectivity index (χ0v) is 17.0. The van der Waals surface area contributed by atoms with Crippen molar-refractivity contribution in [2.45, 2.75) is 45.8 Å². The molecule has 3 atom stereocenters. The summed E-state index contributed by atoms with van der Waals surface area (Å²) < 4.78 is 7.91. The highest BCUT2D eigenvalue weighted by molar-refractivity contribution is 5.42. The molecule has 3 heterocycles. The van der Waals surface area contributed by atoms with Gasteiger partial charge in [0.15, 0.2) is 0 Å². The molecule has 2 aromatic rings. The summed E-state index contributed by atoms with van der Waals surface area (Å²) in [7, 11) is 0. The normalized spacial score (nSPS) is 22.6. The molecule has 1 saturated heterocycles. The molecule has 4 rings (SSSR count). The van der Waals surface area contributed by atoms with Gasteiger partial charge in [0.25, 0.3) is 5.56 Å². The van der Waals surface area contributed by atoms with Crippen LogP contribution in [0.5, 0.6) is 5.75 Å². The summed E-state index contributed by atoms with van der Waals surface area (Å²) in [6.07, 6.45) is 0.603. The summed E-state index contributed by atoms with van der Waals surface area (Å²) in [5.74, 6) is 1.73. The van der Waals surface area contributed by atoms with Crippen LogP contribution in [0.1, 0.15) is 34.7 Å². The van der Waals surface area contributed by atoms with E-state index in [1.807, 2.05) is 24.5 Å². The molecule has 2 aliphatic rings. The molecule has 28 heavy (non-hydrogen) atoms. The molecule has 1 unspecified atom stereocenters. The molecule has 0 saturated carbocycles. The Labute approximate surface area is 166 Å². The zero-order chi connectivity index (χ0) is 19.8. The monoisotopic (exact) mass is 382 g/mol. The standard InChI is InChI=1S/C23H30N2O3/c1-15-7-16(2)23(17(3)8-15)28-14-20(26)13-24-10-18-9-19(12-24)21-5-4-6-22(27)25(21)11-18/h4-8,18-20,26H,9-14H2,1-3H3/t18-,19+,20?/m1/s1. The van der Waals surface area contributed by atoms with Crippen LogP contribution in [0.2, 0.25) is 0 Å². The van der Waals surface area contributed by atoms with E-state index in [4.69, 9.17) is 4.74 Å². The molecule has 0 spiro atoms. The fourth-order valence-electron chi connectivity index (χ4n) is 5.07. The highest BCUT2D eigenvalue weighted by Gasteiger charge is 2.34. The maximum absolute atomic E-state index is 12.1. The predicted molar refractivity (Wildman–Crippen MR) is 110 cm³/mol. The highest BCUT2D eigenvalue weighted by Crippen LogP contribution is 2.35. The van der Waals surface area contributed by atoms with E-state index >= 15 is 0 Å². The summed E-state index contributed by atoms with van der Waals surface area (Å²) in [4.78, 5) is 14.5. The second kappa shape index (κ2) is 7.72. The number of ether oxygens (including phenoxy) is 1. The van der Waals surface area contributed by atoms with E-state index in [0.29, 0.717) is 25.0 Å². The molecule has 1 fully saturated rings. The Morgan fingerprint density at radius 1 is 1.14 bits per heavy atom. The van der Waals surface area contributed by atoms with Crippen LogP contribution < -0.4 is 10.3 Å². The first-order valence-electron chi connectivity index (χ1n) is 10.2. The van der Waals surface area contributed by atoms with Gasteiger partial charge in [0.05, 0.1) is 0 Å². The van der Waals surface area contributed by atoms with E-state index in [-0.39, 0.29) is 5.56 Å². The highest BCUT2D eigenvalue weighted by atomic mass is 16.5. The second-order valence-corrected chi connectivity index (χ2v) is 8.61. The van der Waals surface area contributed by atoms with Crippen LogP contribution in [-0.4, -0.2) is 46.9 Å². The van der Waals surface area contributed by atoms with Gasteiger partial charge < -0.3 is 14.4 Å². The number of piperidine rings is 1. The number of hydrogen-bond donors (Lipinski definition) is 1. The Morgan fingerprint density at radius 2 is 1.89 bits per heavy atom. The Morgan fingerprint density at radius 3 is 2.64 bits per heavy atom. The number of hydrogen-bond acceptors (Lipinski definition) is 4. The molecule has 1 N–H and O–H groups in total. The maximum Gasteiger partial charge on any atom is 0.250 e. The number of aromatic nitrogens is 1.